The number of amides is 1. The second kappa shape index (κ2) is 12.7. The van der Waals surface area contributed by atoms with E-state index in [1.54, 1.807) is 33.6 Å². The fraction of sp³-hybridized carbons (Fsp3) is 0.323. The molecule has 1 N–H and O–H groups in total. The fourth-order valence-electron chi connectivity index (χ4n) is 4.78. The third kappa shape index (κ3) is 6.87. The molecular weight excluding hydrogens is 538 g/mol. The van der Waals surface area contributed by atoms with Crippen LogP contribution in [-0.2, 0) is 6.54 Å². The lowest BCUT2D eigenvalue weighted by Crippen LogP contribution is -2.45. The summed E-state index contributed by atoms with van der Waals surface area (Å²) >= 11 is 6.56. The summed E-state index contributed by atoms with van der Waals surface area (Å²) in [4.78, 5) is 22.5. The Bertz CT molecular complexity index is 1620. The number of allylic oxidation sites excluding steroid dienone is 5. The van der Waals surface area contributed by atoms with Gasteiger partial charge < -0.3 is 15.0 Å². The topological polar surface area (TPSA) is 79.9 Å². The number of carbonyl (C=O) groups excluding carboxylic acids is 1. The molecule has 1 aromatic carbocycles. The van der Waals surface area contributed by atoms with Crippen LogP contribution in [0.4, 0.5) is 5.69 Å². The summed E-state index contributed by atoms with van der Waals surface area (Å²) in [6.45, 7) is 14.5. The highest BCUT2D eigenvalue weighted by Gasteiger charge is 2.18. The van der Waals surface area contributed by atoms with Gasteiger partial charge in [0.05, 0.1) is 35.2 Å². The van der Waals surface area contributed by atoms with Gasteiger partial charge in [-0.3, -0.25) is 18.8 Å². The van der Waals surface area contributed by atoms with E-state index in [1.807, 2.05) is 50.4 Å². The summed E-state index contributed by atoms with van der Waals surface area (Å²) in [6.07, 6.45) is 11.0. The Morgan fingerprint density at radius 2 is 1.98 bits per heavy atom. The summed E-state index contributed by atoms with van der Waals surface area (Å²) < 4.78 is 9.53. The number of piperazine rings is 1. The summed E-state index contributed by atoms with van der Waals surface area (Å²) in [6, 6.07) is 7.26. The Kier molecular flexibility index (Phi) is 8.87. The van der Waals surface area contributed by atoms with Gasteiger partial charge in [0.25, 0.3) is 5.91 Å². The maximum Gasteiger partial charge on any atom is 0.274 e. The molecule has 4 heterocycles. The van der Waals surface area contributed by atoms with Crippen molar-refractivity contribution in [1.82, 2.24) is 29.0 Å². The highest BCUT2D eigenvalue weighted by Crippen LogP contribution is 2.31. The van der Waals surface area contributed by atoms with Gasteiger partial charge in [0.15, 0.2) is 0 Å². The van der Waals surface area contributed by atoms with E-state index < -0.39 is 0 Å². The lowest BCUT2D eigenvalue weighted by Gasteiger charge is -2.32. The van der Waals surface area contributed by atoms with Gasteiger partial charge in [-0.25, -0.2) is 4.98 Å². The van der Waals surface area contributed by atoms with Crippen LogP contribution in [0, 0.1) is 0 Å². The van der Waals surface area contributed by atoms with Crippen molar-refractivity contribution < 1.29 is 9.53 Å². The van der Waals surface area contributed by atoms with Crippen LogP contribution in [0.5, 0.6) is 5.75 Å². The molecule has 1 aliphatic rings. The zero-order chi connectivity index (χ0) is 28.9. The van der Waals surface area contributed by atoms with E-state index in [4.69, 9.17) is 16.3 Å². The van der Waals surface area contributed by atoms with Crippen molar-refractivity contribution in [2.45, 2.75) is 20.4 Å². The van der Waals surface area contributed by atoms with E-state index >= 15 is 0 Å². The first-order valence-electron chi connectivity index (χ1n) is 13.7. The van der Waals surface area contributed by atoms with E-state index in [1.165, 1.54) is 5.57 Å². The molecular formula is C31H36ClN7O2. The molecule has 1 fully saturated rings. The monoisotopic (exact) mass is 573 g/mol. The van der Waals surface area contributed by atoms with Gasteiger partial charge in [0.1, 0.15) is 23.7 Å². The number of anilines is 1. The number of aromatic nitrogens is 4. The Morgan fingerprint density at radius 1 is 1.17 bits per heavy atom. The van der Waals surface area contributed by atoms with Crippen LogP contribution in [-0.4, -0.2) is 81.3 Å². The molecule has 0 saturated carbocycles. The SMILES string of the molecule is C=C(/C=C\C=C(C)C)Cn1ncc2c(NC(=O)c3cnc4cc(OCCN5CCN(C)CC5)ccn34)ccc(Cl)c21. The normalized spacial score (nSPS) is 14.6. The van der Waals surface area contributed by atoms with Crippen molar-refractivity contribution in [3.63, 3.8) is 0 Å². The molecule has 1 amide bonds. The van der Waals surface area contributed by atoms with Gasteiger partial charge in [0, 0.05) is 50.4 Å². The molecule has 9 nitrogen and oxygen atoms in total. The van der Waals surface area contributed by atoms with Crippen LogP contribution < -0.4 is 10.1 Å². The van der Waals surface area contributed by atoms with Crippen LogP contribution >= 0.6 is 11.6 Å². The maximum atomic E-state index is 13.3. The number of imidazole rings is 1. The molecule has 3 aromatic heterocycles. The summed E-state index contributed by atoms with van der Waals surface area (Å²) in [5.41, 5.74) is 4.49. The lowest BCUT2D eigenvalue weighted by molar-refractivity contribution is 0.102. The number of halogens is 1. The number of likely N-dealkylation sites (N-methyl/N-ethyl adjacent to an activating group) is 1. The van der Waals surface area contributed by atoms with Crippen molar-refractivity contribution >= 4 is 39.7 Å². The highest BCUT2D eigenvalue weighted by molar-refractivity contribution is 6.35. The number of fused-ring (bicyclic) bond motifs is 2. The molecule has 41 heavy (non-hydrogen) atoms. The van der Waals surface area contributed by atoms with Crippen molar-refractivity contribution in [3.8, 4) is 5.75 Å². The maximum absolute atomic E-state index is 13.3. The number of hydrogen-bond donors (Lipinski definition) is 1. The average Bonchev–Trinajstić information content (AvgIpc) is 3.56. The smallest absolute Gasteiger partial charge is 0.274 e. The summed E-state index contributed by atoms with van der Waals surface area (Å²) in [7, 11) is 2.15. The first-order chi connectivity index (χ1) is 19.8. The van der Waals surface area contributed by atoms with Crippen molar-refractivity contribution in [3.05, 3.63) is 89.5 Å². The van der Waals surface area contributed by atoms with Gasteiger partial charge in [-0.15, -0.1) is 0 Å². The molecule has 0 atom stereocenters. The zero-order valence-electron chi connectivity index (χ0n) is 23.8. The summed E-state index contributed by atoms with van der Waals surface area (Å²) in [5.74, 6) is 0.444. The first kappa shape index (κ1) is 28.6. The fourth-order valence-corrected chi connectivity index (χ4v) is 5.04. The highest BCUT2D eigenvalue weighted by atomic mass is 35.5. The van der Waals surface area contributed by atoms with Crippen LogP contribution in [0.2, 0.25) is 5.02 Å². The van der Waals surface area contributed by atoms with Crippen LogP contribution in [0.15, 0.2) is 78.8 Å². The van der Waals surface area contributed by atoms with Crippen molar-refractivity contribution in [1.29, 1.82) is 0 Å². The molecule has 1 aliphatic heterocycles. The van der Waals surface area contributed by atoms with Crippen molar-refractivity contribution in [2.75, 3.05) is 51.7 Å². The van der Waals surface area contributed by atoms with E-state index in [0.717, 1.165) is 54.9 Å². The van der Waals surface area contributed by atoms with Gasteiger partial charge in [0.2, 0.25) is 0 Å². The minimum Gasteiger partial charge on any atom is -0.492 e. The van der Waals surface area contributed by atoms with Crippen LogP contribution in [0.25, 0.3) is 16.6 Å². The first-order valence-corrected chi connectivity index (χ1v) is 14.1. The third-order valence-corrected chi connectivity index (χ3v) is 7.41. The average molecular weight is 574 g/mol. The number of benzene rings is 1. The standard InChI is InChI=1S/C31H36ClN7O2/c1-22(2)6-5-7-23(3)21-39-30-25(19-34-39)27(9-8-26(30)32)35-31(40)28-20-33-29-18-24(10-11-38(28)29)41-17-16-37-14-12-36(4)13-15-37/h5-11,18-20H,3,12-17,21H2,1-2,4H3,(H,35,40)/b7-5-. The number of rotatable bonds is 10. The molecule has 0 spiro atoms. The van der Waals surface area contributed by atoms with Crippen molar-refractivity contribution in [2.24, 2.45) is 0 Å². The number of hydrogen-bond acceptors (Lipinski definition) is 6. The number of ether oxygens (including phenoxy) is 1. The van der Waals surface area contributed by atoms with E-state index in [2.05, 4.69) is 38.8 Å². The zero-order valence-corrected chi connectivity index (χ0v) is 24.6. The number of pyridine rings is 1. The van der Waals surface area contributed by atoms with Crippen LogP contribution in [0.3, 0.4) is 0 Å². The summed E-state index contributed by atoms with van der Waals surface area (Å²) in [5, 5.41) is 8.83. The Hall–Kier alpha value is -3.92. The van der Waals surface area contributed by atoms with E-state index in [-0.39, 0.29) is 5.91 Å². The Labute approximate surface area is 245 Å². The lowest BCUT2D eigenvalue weighted by atomic mass is 10.2. The molecule has 0 aliphatic carbocycles. The number of carbonyl (C=O) groups is 1. The minimum absolute atomic E-state index is 0.285. The van der Waals surface area contributed by atoms with E-state index in [9.17, 15) is 4.79 Å². The quantitative estimate of drug-likeness (QED) is 0.260. The molecule has 0 unspecified atom stereocenters. The third-order valence-electron chi connectivity index (χ3n) is 7.10. The molecule has 5 rings (SSSR count). The van der Waals surface area contributed by atoms with Gasteiger partial charge in [-0.2, -0.15) is 5.10 Å². The Morgan fingerprint density at radius 3 is 2.76 bits per heavy atom. The predicted molar refractivity (Wildman–Crippen MR) is 165 cm³/mol. The second-order valence-corrected chi connectivity index (χ2v) is 11.0. The predicted octanol–water partition coefficient (Wildman–Crippen LogP) is 5.29. The largest absolute Gasteiger partial charge is 0.492 e. The van der Waals surface area contributed by atoms with Gasteiger partial charge >= 0.3 is 0 Å². The number of nitrogens with one attached hydrogen (secondary N) is 1. The Balaban J connectivity index is 1.26. The molecule has 10 heteroatoms. The molecule has 214 valence electrons. The molecule has 4 aromatic rings. The molecule has 0 radical (unpaired) electrons. The molecule has 1 saturated heterocycles. The van der Waals surface area contributed by atoms with E-state index in [0.29, 0.717) is 35.2 Å². The van der Waals surface area contributed by atoms with Gasteiger partial charge in [-0.05, 0) is 44.7 Å². The minimum atomic E-state index is -0.285. The van der Waals surface area contributed by atoms with Gasteiger partial charge in [-0.1, -0.05) is 42.0 Å². The number of nitrogens with zero attached hydrogens (tertiary/aromatic N) is 6. The second-order valence-electron chi connectivity index (χ2n) is 10.6. The van der Waals surface area contributed by atoms with Crippen LogP contribution in [0.1, 0.15) is 24.3 Å². The molecule has 0 bridgehead atoms.